The summed E-state index contributed by atoms with van der Waals surface area (Å²) in [7, 11) is 0. The van der Waals surface area contributed by atoms with Gasteiger partial charge in [0.25, 0.3) is 0 Å². The van der Waals surface area contributed by atoms with Gasteiger partial charge < -0.3 is 9.84 Å². The molecule has 0 amide bonds. The van der Waals surface area contributed by atoms with Crippen molar-refractivity contribution >= 4 is 5.78 Å². The normalized spacial score (nSPS) is 41.4. The number of piperidine rings is 1. The van der Waals surface area contributed by atoms with Crippen LogP contribution in [0.25, 0.3) is 0 Å². The Hall–Kier alpha value is -1.55. The van der Waals surface area contributed by atoms with Crippen LogP contribution in [0, 0.1) is 17.8 Å². The van der Waals surface area contributed by atoms with E-state index in [9.17, 15) is 9.90 Å². The molecule has 3 aliphatic carbocycles. The number of carbonyl (C=O) groups is 1. The van der Waals surface area contributed by atoms with Crippen molar-refractivity contribution in [3.05, 3.63) is 23.3 Å². The number of rotatable bonds is 2. The molecule has 25 heavy (non-hydrogen) atoms. The number of hydrogen-bond donors (Lipinski definition) is 1. The number of hydrogen-bond acceptors (Lipinski definition) is 4. The van der Waals surface area contributed by atoms with E-state index in [1.807, 2.05) is 0 Å². The first-order chi connectivity index (χ1) is 12.1. The van der Waals surface area contributed by atoms with Crippen LogP contribution in [0.4, 0.5) is 0 Å². The first kappa shape index (κ1) is 14.6. The lowest BCUT2D eigenvalue weighted by Crippen LogP contribution is -2.67. The number of carbonyl (C=O) groups excluding carboxylic acids is 1. The van der Waals surface area contributed by atoms with E-state index in [0.717, 1.165) is 31.7 Å². The molecule has 1 aromatic rings. The van der Waals surface area contributed by atoms with Gasteiger partial charge >= 0.3 is 0 Å². The average molecular weight is 339 g/mol. The predicted octanol–water partition coefficient (Wildman–Crippen LogP) is 2.66. The lowest BCUT2D eigenvalue weighted by atomic mass is 9.50. The summed E-state index contributed by atoms with van der Waals surface area (Å²) in [6.45, 7) is 4.36. The number of ketones is 1. The molecule has 1 N–H and O–H groups in total. The molecule has 6 rings (SSSR count). The Bertz CT molecular complexity index is 786. The maximum Gasteiger partial charge on any atom is 0.177 e. The highest BCUT2D eigenvalue weighted by atomic mass is 16.5. The van der Waals surface area contributed by atoms with Gasteiger partial charge in [0.1, 0.15) is 0 Å². The first-order valence-electron chi connectivity index (χ1n) is 9.89. The summed E-state index contributed by atoms with van der Waals surface area (Å²) in [6.07, 6.45) is 5.39. The lowest BCUT2D eigenvalue weighted by molar-refractivity contribution is -0.144. The molecule has 132 valence electrons. The quantitative estimate of drug-likeness (QED) is 0.900. The fourth-order valence-electron chi connectivity index (χ4n) is 6.47. The molecule has 1 aromatic carbocycles. The molecule has 0 radical (unpaired) electrons. The van der Waals surface area contributed by atoms with E-state index in [4.69, 9.17) is 4.74 Å². The largest absolute Gasteiger partial charge is 0.504 e. The molecule has 2 aliphatic heterocycles. The molecule has 2 bridgehead atoms. The highest BCUT2D eigenvalue weighted by Crippen LogP contribution is 2.63. The number of phenols is 1. The summed E-state index contributed by atoms with van der Waals surface area (Å²) in [5.74, 6) is 2.50. The number of aromatic hydroxyl groups is 1. The van der Waals surface area contributed by atoms with Crippen LogP contribution in [-0.2, 0) is 16.6 Å². The number of likely N-dealkylation sites (tertiary alicyclic amines) is 1. The third-order valence-electron chi connectivity index (χ3n) is 7.77. The third kappa shape index (κ3) is 1.69. The van der Waals surface area contributed by atoms with Gasteiger partial charge in [-0.3, -0.25) is 9.69 Å². The van der Waals surface area contributed by atoms with Gasteiger partial charge in [-0.25, -0.2) is 0 Å². The molecule has 0 aromatic heterocycles. The smallest absolute Gasteiger partial charge is 0.177 e. The number of nitrogens with zero attached hydrogens (tertiary/aromatic N) is 1. The highest BCUT2D eigenvalue weighted by Gasteiger charge is 2.67. The fraction of sp³-hybridized carbons (Fsp3) is 0.667. The Kier molecular flexibility index (Phi) is 2.68. The summed E-state index contributed by atoms with van der Waals surface area (Å²) in [6, 6.07) is 4.37. The van der Waals surface area contributed by atoms with Crippen LogP contribution in [0.3, 0.4) is 0 Å². The molecule has 2 heterocycles. The molecule has 2 saturated carbocycles. The van der Waals surface area contributed by atoms with E-state index in [2.05, 4.69) is 17.9 Å². The van der Waals surface area contributed by atoms with Crippen molar-refractivity contribution in [2.24, 2.45) is 17.8 Å². The van der Waals surface area contributed by atoms with Crippen molar-refractivity contribution in [3.63, 3.8) is 0 Å². The van der Waals surface area contributed by atoms with E-state index in [1.54, 1.807) is 6.07 Å². The molecule has 1 unspecified atom stereocenters. The zero-order valence-electron chi connectivity index (χ0n) is 14.7. The van der Waals surface area contributed by atoms with Crippen molar-refractivity contribution in [1.82, 2.24) is 4.90 Å². The fourth-order valence-corrected chi connectivity index (χ4v) is 6.47. The van der Waals surface area contributed by atoms with E-state index in [-0.39, 0.29) is 29.0 Å². The molecular formula is C21H25NO3. The molecule has 4 heteroatoms. The number of Topliss-reactive ketones (excluding diaryl/α,β-unsaturated/α-hetero) is 1. The molecule has 1 saturated heterocycles. The maximum absolute atomic E-state index is 13.0. The van der Waals surface area contributed by atoms with Crippen molar-refractivity contribution in [2.75, 3.05) is 13.1 Å². The predicted molar refractivity (Wildman–Crippen MR) is 92.9 cm³/mol. The number of benzene rings is 1. The van der Waals surface area contributed by atoms with Gasteiger partial charge in [0, 0.05) is 29.5 Å². The summed E-state index contributed by atoms with van der Waals surface area (Å²) in [5, 5.41) is 10.4. The van der Waals surface area contributed by atoms with Crippen LogP contribution in [0.15, 0.2) is 12.1 Å². The van der Waals surface area contributed by atoms with Gasteiger partial charge in [0.05, 0.1) is 0 Å². The van der Waals surface area contributed by atoms with Crippen molar-refractivity contribution in [2.45, 2.75) is 56.6 Å². The summed E-state index contributed by atoms with van der Waals surface area (Å²) in [5.41, 5.74) is 2.31. The topological polar surface area (TPSA) is 49.8 Å². The Morgan fingerprint density at radius 1 is 1.36 bits per heavy atom. The monoisotopic (exact) mass is 339 g/mol. The van der Waals surface area contributed by atoms with Crippen molar-refractivity contribution in [3.8, 4) is 11.5 Å². The van der Waals surface area contributed by atoms with E-state index >= 15 is 0 Å². The SMILES string of the molecule is C[C@H]1C[C@H]2[C@H]3Cc4ccc(O)c5c4[C@@]2(CCN3CC2CC2)C(O5)C1=O. The zero-order chi connectivity index (χ0) is 16.9. The summed E-state index contributed by atoms with van der Waals surface area (Å²) in [4.78, 5) is 15.7. The minimum Gasteiger partial charge on any atom is -0.504 e. The molecule has 3 fully saturated rings. The Morgan fingerprint density at radius 2 is 2.20 bits per heavy atom. The van der Waals surface area contributed by atoms with Gasteiger partial charge in [-0.15, -0.1) is 0 Å². The minimum atomic E-state index is -0.380. The zero-order valence-corrected chi connectivity index (χ0v) is 14.7. The second kappa shape index (κ2) is 4.59. The van der Waals surface area contributed by atoms with Gasteiger partial charge in [-0.05, 0) is 62.1 Å². The maximum atomic E-state index is 13.0. The minimum absolute atomic E-state index is 0.0597. The van der Waals surface area contributed by atoms with Gasteiger partial charge in [0.15, 0.2) is 23.4 Å². The molecule has 5 atom stereocenters. The molecule has 4 nitrogen and oxygen atoms in total. The second-order valence-corrected chi connectivity index (χ2v) is 9.09. The van der Waals surface area contributed by atoms with E-state index < -0.39 is 0 Å². The Morgan fingerprint density at radius 3 is 3.00 bits per heavy atom. The Balaban J connectivity index is 1.54. The van der Waals surface area contributed by atoms with Crippen molar-refractivity contribution < 1.29 is 14.6 Å². The van der Waals surface area contributed by atoms with Crippen molar-refractivity contribution in [1.29, 1.82) is 0 Å². The van der Waals surface area contributed by atoms with E-state index in [0.29, 0.717) is 17.7 Å². The highest BCUT2D eigenvalue weighted by molar-refractivity contribution is 5.90. The number of ether oxygens (including phenoxy) is 1. The van der Waals surface area contributed by atoms with Crippen LogP contribution in [-0.4, -0.2) is 41.0 Å². The molecular weight excluding hydrogens is 314 g/mol. The molecule has 1 spiro atoms. The van der Waals surface area contributed by atoms with Crippen LogP contribution < -0.4 is 4.74 Å². The molecule has 5 aliphatic rings. The first-order valence-corrected chi connectivity index (χ1v) is 9.89. The van der Waals surface area contributed by atoms with Crippen LogP contribution in [0.5, 0.6) is 11.5 Å². The average Bonchev–Trinajstić information content (AvgIpc) is 3.34. The summed E-state index contributed by atoms with van der Waals surface area (Å²) < 4.78 is 6.20. The van der Waals surface area contributed by atoms with Gasteiger partial charge in [-0.2, -0.15) is 0 Å². The van der Waals surface area contributed by atoms with Crippen LogP contribution in [0.1, 0.15) is 43.7 Å². The van der Waals surface area contributed by atoms with Gasteiger partial charge in [0.2, 0.25) is 0 Å². The third-order valence-corrected chi connectivity index (χ3v) is 7.77. The van der Waals surface area contributed by atoms with Gasteiger partial charge in [-0.1, -0.05) is 13.0 Å². The Labute approximate surface area is 148 Å². The van der Waals surface area contributed by atoms with Crippen LogP contribution in [0.2, 0.25) is 0 Å². The van der Waals surface area contributed by atoms with Crippen LogP contribution >= 0.6 is 0 Å². The second-order valence-electron chi connectivity index (χ2n) is 9.09. The number of phenolic OH excluding ortho intramolecular Hbond substituents is 1. The summed E-state index contributed by atoms with van der Waals surface area (Å²) >= 11 is 0. The standard InChI is InChI=1S/C21H25NO3/c1-11-8-14-15-9-13-4-5-16(23)19-17(13)21(14,20(25-19)18(11)24)6-7-22(15)10-12-2-3-12/h4-5,11-12,14-15,20,23H,2-3,6-10H2,1H3/t11-,14-,15+,20?,21-/m0/s1. The lowest BCUT2D eigenvalue weighted by Gasteiger charge is -2.58. The van der Waals surface area contributed by atoms with E-state index in [1.165, 1.54) is 30.5 Å².